The summed E-state index contributed by atoms with van der Waals surface area (Å²) in [6.45, 7) is 6.32. The molecule has 0 atom stereocenters. The van der Waals surface area contributed by atoms with E-state index >= 15 is 0 Å². The van der Waals surface area contributed by atoms with Crippen molar-refractivity contribution >= 4 is 17.3 Å². The zero-order chi connectivity index (χ0) is 15.4. The van der Waals surface area contributed by atoms with Gasteiger partial charge in [0.2, 0.25) is 0 Å². The van der Waals surface area contributed by atoms with E-state index < -0.39 is 4.92 Å². The maximum absolute atomic E-state index is 10.8. The first-order chi connectivity index (χ1) is 10.1. The molecule has 1 aliphatic heterocycles. The molecule has 0 unspecified atom stereocenters. The second-order valence-electron chi connectivity index (χ2n) is 4.73. The highest BCUT2D eigenvalue weighted by Gasteiger charge is 2.23. The van der Waals surface area contributed by atoms with E-state index in [4.69, 9.17) is 10.9 Å². The summed E-state index contributed by atoms with van der Waals surface area (Å²) < 4.78 is 0. The van der Waals surface area contributed by atoms with Gasteiger partial charge in [-0.25, -0.2) is 4.98 Å². The minimum Gasteiger partial charge on any atom is -0.409 e. The number of aromatic nitrogens is 1. The molecule has 0 saturated carbocycles. The molecule has 0 amide bonds. The lowest BCUT2D eigenvalue weighted by Gasteiger charge is -2.35. The predicted molar refractivity (Wildman–Crippen MR) is 77.7 cm³/mol. The third-order valence-electron chi connectivity index (χ3n) is 3.57. The molecule has 0 aliphatic carbocycles. The Balaban J connectivity index is 2.32. The molecule has 1 aromatic rings. The number of nitro groups is 1. The van der Waals surface area contributed by atoms with Gasteiger partial charge in [-0.1, -0.05) is 12.1 Å². The molecule has 21 heavy (non-hydrogen) atoms. The van der Waals surface area contributed by atoms with Crippen LogP contribution in [0.15, 0.2) is 17.4 Å². The number of oxime groups is 1. The normalized spacial score (nSPS) is 17.0. The fourth-order valence-electron chi connectivity index (χ4n) is 2.32. The van der Waals surface area contributed by atoms with Gasteiger partial charge < -0.3 is 20.7 Å². The van der Waals surface area contributed by atoms with Crippen molar-refractivity contribution < 1.29 is 10.1 Å². The number of pyridine rings is 1. The van der Waals surface area contributed by atoms with Gasteiger partial charge >= 0.3 is 0 Å². The summed E-state index contributed by atoms with van der Waals surface area (Å²) in [6, 6.07) is 1.28. The van der Waals surface area contributed by atoms with Crippen molar-refractivity contribution in [2.24, 2.45) is 10.9 Å². The highest BCUT2D eigenvalue weighted by Crippen LogP contribution is 2.23. The molecule has 0 spiro atoms. The van der Waals surface area contributed by atoms with Crippen LogP contribution in [0.3, 0.4) is 0 Å². The summed E-state index contributed by atoms with van der Waals surface area (Å²) in [5.41, 5.74) is 5.71. The van der Waals surface area contributed by atoms with Crippen molar-refractivity contribution in [2.45, 2.75) is 6.92 Å². The fraction of sp³-hybridized carbons (Fsp3) is 0.500. The number of piperazine rings is 1. The second kappa shape index (κ2) is 6.35. The van der Waals surface area contributed by atoms with E-state index in [0.717, 1.165) is 32.7 Å². The van der Waals surface area contributed by atoms with Crippen LogP contribution in [0, 0.1) is 10.1 Å². The number of hydrogen-bond donors (Lipinski definition) is 2. The van der Waals surface area contributed by atoms with E-state index in [9.17, 15) is 10.1 Å². The summed E-state index contributed by atoms with van der Waals surface area (Å²) in [5, 5.41) is 22.6. The largest absolute Gasteiger partial charge is 0.409 e. The van der Waals surface area contributed by atoms with Crippen molar-refractivity contribution in [2.75, 3.05) is 37.6 Å². The summed E-state index contributed by atoms with van der Waals surface area (Å²) in [4.78, 5) is 18.7. The van der Waals surface area contributed by atoms with Crippen molar-refractivity contribution in [3.05, 3.63) is 27.9 Å². The molecule has 2 heterocycles. The predicted octanol–water partition coefficient (Wildman–Crippen LogP) is 0.226. The van der Waals surface area contributed by atoms with E-state index in [1.165, 1.54) is 12.3 Å². The Morgan fingerprint density at radius 1 is 1.52 bits per heavy atom. The van der Waals surface area contributed by atoms with E-state index in [0.29, 0.717) is 5.82 Å². The molecule has 0 radical (unpaired) electrons. The maximum atomic E-state index is 10.8. The first kappa shape index (κ1) is 15.0. The monoisotopic (exact) mass is 294 g/mol. The Morgan fingerprint density at radius 2 is 2.19 bits per heavy atom. The standard InChI is InChI=1S/C12H18N6O3/c1-2-16-3-5-17(6-4-16)12-10(11(13)15-19)7-9(8-14-12)18(20)21/h7-8,19H,2-6H2,1H3,(H2,13,15). The van der Waals surface area contributed by atoms with Crippen LogP contribution in [-0.4, -0.2) is 58.6 Å². The van der Waals surface area contributed by atoms with Crippen molar-refractivity contribution in [3.63, 3.8) is 0 Å². The quantitative estimate of drug-likeness (QED) is 0.268. The van der Waals surface area contributed by atoms with Gasteiger partial charge in [0.1, 0.15) is 12.0 Å². The van der Waals surface area contributed by atoms with Crippen molar-refractivity contribution in [1.82, 2.24) is 9.88 Å². The zero-order valence-corrected chi connectivity index (χ0v) is 11.8. The summed E-state index contributed by atoms with van der Waals surface area (Å²) in [5.74, 6) is 0.325. The van der Waals surface area contributed by atoms with Gasteiger partial charge in [0.05, 0.1) is 10.5 Å². The molecule has 0 bridgehead atoms. The highest BCUT2D eigenvalue weighted by molar-refractivity contribution is 6.02. The molecule has 2 rings (SSSR count). The van der Waals surface area contributed by atoms with Crippen LogP contribution in [-0.2, 0) is 0 Å². The molecule has 1 aromatic heterocycles. The number of rotatable bonds is 4. The molecule has 9 heteroatoms. The molecular formula is C12H18N6O3. The van der Waals surface area contributed by atoms with Gasteiger partial charge in [-0.05, 0) is 6.54 Å². The minimum absolute atomic E-state index is 0.181. The topological polar surface area (TPSA) is 121 Å². The Bertz CT molecular complexity index is 554. The molecule has 1 aliphatic rings. The van der Waals surface area contributed by atoms with Crippen LogP contribution in [0.25, 0.3) is 0 Å². The van der Waals surface area contributed by atoms with Crippen LogP contribution in [0.1, 0.15) is 12.5 Å². The number of hydrogen-bond acceptors (Lipinski definition) is 7. The first-order valence-corrected chi connectivity index (χ1v) is 6.66. The molecule has 0 aromatic carbocycles. The Hall–Kier alpha value is -2.42. The van der Waals surface area contributed by atoms with Gasteiger partial charge in [-0.2, -0.15) is 0 Å². The van der Waals surface area contributed by atoms with E-state index in [1.807, 2.05) is 4.90 Å². The SMILES string of the molecule is CCN1CCN(c2ncc([N+](=O)[O-])cc2C(N)=NO)CC1. The van der Waals surface area contributed by atoms with Gasteiger partial charge in [0.25, 0.3) is 5.69 Å². The summed E-state index contributed by atoms with van der Waals surface area (Å²) in [7, 11) is 0. The smallest absolute Gasteiger partial charge is 0.288 e. The minimum atomic E-state index is -0.556. The van der Waals surface area contributed by atoms with Crippen LogP contribution in [0.4, 0.5) is 11.5 Å². The number of anilines is 1. The van der Waals surface area contributed by atoms with Crippen molar-refractivity contribution in [3.8, 4) is 0 Å². The number of amidine groups is 1. The Kier molecular flexibility index (Phi) is 4.53. The average molecular weight is 294 g/mol. The van der Waals surface area contributed by atoms with Gasteiger partial charge in [0.15, 0.2) is 5.84 Å². The van der Waals surface area contributed by atoms with E-state index in [2.05, 4.69) is 22.0 Å². The lowest BCUT2D eigenvalue weighted by molar-refractivity contribution is -0.385. The molecule has 1 saturated heterocycles. The van der Waals surface area contributed by atoms with E-state index in [1.54, 1.807) is 0 Å². The Morgan fingerprint density at radius 3 is 2.71 bits per heavy atom. The molecule has 3 N–H and O–H groups in total. The van der Waals surface area contributed by atoms with Gasteiger partial charge in [-0.15, -0.1) is 0 Å². The number of likely N-dealkylation sites (N-methyl/N-ethyl adjacent to an activating group) is 1. The van der Waals surface area contributed by atoms with Gasteiger partial charge in [0, 0.05) is 32.2 Å². The Labute approximate surface area is 121 Å². The highest BCUT2D eigenvalue weighted by atomic mass is 16.6. The summed E-state index contributed by atoms with van der Waals surface area (Å²) >= 11 is 0. The number of nitrogens with zero attached hydrogens (tertiary/aromatic N) is 5. The lowest BCUT2D eigenvalue weighted by Crippen LogP contribution is -2.47. The van der Waals surface area contributed by atoms with Crippen molar-refractivity contribution in [1.29, 1.82) is 0 Å². The summed E-state index contributed by atoms with van der Waals surface area (Å²) in [6.07, 6.45) is 1.19. The van der Waals surface area contributed by atoms with Crippen LogP contribution < -0.4 is 10.6 Å². The van der Waals surface area contributed by atoms with Crippen LogP contribution in [0.5, 0.6) is 0 Å². The molecule has 1 fully saturated rings. The molecule has 114 valence electrons. The van der Waals surface area contributed by atoms with E-state index in [-0.39, 0.29) is 17.1 Å². The molecular weight excluding hydrogens is 276 g/mol. The molecule has 9 nitrogen and oxygen atoms in total. The third-order valence-corrected chi connectivity index (χ3v) is 3.57. The average Bonchev–Trinajstić information content (AvgIpc) is 2.53. The lowest BCUT2D eigenvalue weighted by atomic mass is 10.2. The first-order valence-electron chi connectivity index (χ1n) is 6.66. The third kappa shape index (κ3) is 3.19. The number of nitrogens with two attached hydrogens (primary N) is 1. The van der Waals surface area contributed by atoms with Crippen LogP contribution >= 0.6 is 0 Å². The zero-order valence-electron chi connectivity index (χ0n) is 11.8. The second-order valence-corrected chi connectivity index (χ2v) is 4.73. The van der Waals surface area contributed by atoms with Gasteiger partial charge in [-0.3, -0.25) is 10.1 Å². The van der Waals surface area contributed by atoms with Crippen LogP contribution in [0.2, 0.25) is 0 Å². The maximum Gasteiger partial charge on any atom is 0.288 e. The fourth-order valence-corrected chi connectivity index (χ4v) is 2.32.